The molecule has 0 radical (unpaired) electrons. The third kappa shape index (κ3) is 3.94. The molecule has 3 nitrogen and oxygen atoms in total. The van der Waals surface area contributed by atoms with Crippen molar-refractivity contribution in [1.29, 1.82) is 0 Å². The van der Waals surface area contributed by atoms with Gasteiger partial charge in [-0.1, -0.05) is 20.8 Å². The molecule has 0 saturated heterocycles. The van der Waals surface area contributed by atoms with Crippen LogP contribution in [0.3, 0.4) is 0 Å². The molecule has 23 heavy (non-hydrogen) atoms. The monoisotopic (exact) mass is 316 g/mol. The quantitative estimate of drug-likeness (QED) is 0.626. The van der Waals surface area contributed by atoms with Crippen LogP contribution in [0.25, 0.3) is 0 Å². The molecule has 1 aliphatic carbocycles. The highest BCUT2D eigenvalue weighted by atomic mass is 16.5. The van der Waals surface area contributed by atoms with Crippen LogP contribution in [0.4, 0.5) is 0 Å². The molecule has 0 saturated carbocycles. The normalized spacial score (nSPS) is 30.3. The smallest absolute Gasteiger partial charge is 0.146 e. The molecular weight excluding hydrogens is 284 g/mol. The van der Waals surface area contributed by atoms with Crippen LogP contribution in [-0.2, 0) is 4.74 Å². The van der Waals surface area contributed by atoms with Gasteiger partial charge in [0.15, 0.2) is 0 Å². The van der Waals surface area contributed by atoms with Gasteiger partial charge in [0.2, 0.25) is 0 Å². The van der Waals surface area contributed by atoms with Crippen molar-refractivity contribution in [2.24, 2.45) is 15.9 Å². The van der Waals surface area contributed by atoms with Crippen molar-refractivity contribution in [1.82, 2.24) is 0 Å². The zero-order valence-corrected chi connectivity index (χ0v) is 15.6. The summed E-state index contributed by atoms with van der Waals surface area (Å²) < 4.78 is 5.94. The van der Waals surface area contributed by atoms with Gasteiger partial charge in [-0.25, -0.2) is 0 Å². The summed E-state index contributed by atoms with van der Waals surface area (Å²) in [6, 6.07) is 0.337. The molecule has 1 aliphatic heterocycles. The number of ether oxygens (including phenoxy) is 1. The Morgan fingerprint density at radius 2 is 2.04 bits per heavy atom. The van der Waals surface area contributed by atoms with E-state index in [9.17, 15) is 0 Å². The van der Waals surface area contributed by atoms with Crippen LogP contribution >= 0.6 is 0 Å². The van der Waals surface area contributed by atoms with E-state index < -0.39 is 0 Å². The highest BCUT2D eigenvalue weighted by Crippen LogP contribution is 2.39. The van der Waals surface area contributed by atoms with Gasteiger partial charge in [0.05, 0.1) is 17.9 Å². The Balaban J connectivity index is 2.51. The third-order valence-electron chi connectivity index (χ3n) is 5.11. The zero-order chi connectivity index (χ0) is 17.0. The molecule has 0 aromatic heterocycles. The molecular formula is C20H32N2O. The average molecular weight is 316 g/mol. The highest BCUT2D eigenvalue weighted by molar-refractivity contribution is 6.23. The van der Waals surface area contributed by atoms with Gasteiger partial charge in [0.1, 0.15) is 11.5 Å². The number of allylic oxidation sites excluding steroid dienone is 3. The summed E-state index contributed by atoms with van der Waals surface area (Å²) in [4.78, 5) is 9.92. The first-order valence-corrected chi connectivity index (χ1v) is 9.20. The van der Waals surface area contributed by atoms with Crippen LogP contribution in [0.1, 0.15) is 67.2 Å². The summed E-state index contributed by atoms with van der Waals surface area (Å²) >= 11 is 0. The second-order valence-corrected chi connectivity index (χ2v) is 6.97. The molecule has 0 spiro atoms. The SMILES string of the molecule is CCOC1=CC(=NC(C)CC)C=C2C1=NC(C)(CC)CC2CC. The largest absolute Gasteiger partial charge is 0.492 e. The Kier molecular flexibility index (Phi) is 5.83. The van der Waals surface area contributed by atoms with Crippen molar-refractivity contribution in [3.8, 4) is 0 Å². The predicted octanol–water partition coefficient (Wildman–Crippen LogP) is 5.13. The fourth-order valence-electron chi connectivity index (χ4n) is 3.27. The van der Waals surface area contributed by atoms with Crippen molar-refractivity contribution >= 4 is 11.4 Å². The van der Waals surface area contributed by atoms with Gasteiger partial charge in [-0.05, 0) is 64.0 Å². The summed E-state index contributed by atoms with van der Waals surface area (Å²) in [6.07, 6.45) is 8.69. The lowest BCUT2D eigenvalue weighted by molar-refractivity contribution is 0.245. The van der Waals surface area contributed by atoms with Gasteiger partial charge < -0.3 is 4.74 Å². The molecule has 2 aliphatic rings. The maximum Gasteiger partial charge on any atom is 0.146 e. The van der Waals surface area contributed by atoms with Crippen molar-refractivity contribution in [3.63, 3.8) is 0 Å². The van der Waals surface area contributed by atoms with E-state index in [0.717, 1.165) is 42.9 Å². The summed E-state index contributed by atoms with van der Waals surface area (Å²) in [5.41, 5.74) is 3.45. The standard InChI is InChI=1S/C20H32N2O/c1-7-14(5)21-16-11-17-15(8-2)13-20(6,9-3)22-19(17)18(12-16)23-10-4/h11-12,14-15H,7-10,13H2,1-6H3. The van der Waals surface area contributed by atoms with Crippen molar-refractivity contribution in [2.75, 3.05) is 6.61 Å². The minimum Gasteiger partial charge on any atom is -0.492 e. The van der Waals surface area contributed by atoms with Gasteiger partial charge in [-0.3, -0.25) is 9.98 Å². The Labute approximate surface area is 141 Å². The van der Waals surface area contributed by atoms with E-state index in [0.29, 0.717) is 18.6 Å². The van der Waals surface area contributed by atoms with E-state index in [4.69, 9.17) is 14.7 Å². The van der Waals surface area contributed by atoms with Crippen LogP contribution < -0.4 is 0 Å². The Morgan fingerprint density at radius 1 is 1.30 bits per heavy atom. The first-order chi connectivity index (χ1) is 11.0. The van der Waals surface area contributed by atoms with Crippen LogP contribution in [0.2, 0.25) is 0 Å². The molecule has 2 rings (SSSR count). The third-order valence-corrected chi connectivity index (χ3v) is 5.11. The average Bonchev–Trinajstić information content (AvgIpc) is 2.55. The minimum atomic E-state index is 0.0227. The van der Waals surface area contributed by atoms with Gasteiger partial charge in [0, 0.05) is 12.1 Å². The van der Waals surface area contributed by atoms with Crippen LogP contribution in [0.15, 0.2) is 33.5 Å². The number of aliphatic imine (C=N–C) groups is 2. The van der Waals surface area contributed by atoms with Crippen molar-refractivity contribution in [3.05, 3.63) is 23.5 Å². The van der Waals surface area contributed by atoms with Crippen LogP contribution in [-0.4, -0.2) is 29.6 Å². The molecule has 3 unspecified atom stereocenters. The lowest BCUT2D eigenvalue weighted by Crippen LogP contribution is -2.36. The molecule has 0 amide bonds. The van der Waals surface area contributed by atoms with E-state index in [2.05, 4.69) is 46.8 Å². The van der Waals surface area contributed by atoms with Crippen molar-refractivity contribution in [2.45, 2.75) is 78.8 Å². The van der Waals surface area contributed by atoms with Gasteiger partial charge in [-0.15, -0.1) is 0 Å². The Bertz CT molecular complexity index is 556. The number of fused-ring (bicyclic) bond motifs is 1. The molecule has 0 N–H and O–H groups in total. The molecule has 0 aromatic rings. The first-order valence-electron chi connectivity index (χ1n) is 9.20. The lowest BCUT2D eigenvalue weighted by atomic mass is 9.75. The van der Waals surface area contributed by atoms with Crippen LogP contribution in [0.5, 0.6) is 0 Å². The number of nitrogens with zero attached hydrogens (tertiary/aromatic N) is 2. The summed E-state index contributed by atoms with van der Waals surface area (Å²) in [6.45, 7) is 13.8. The molecule has 0 aromatic carbocycles. The molecule has 3 heteroatoms. The second kappa shape index (κ2) is 7.46. The molecule has 3 atom stereocenters. The lowest BCUT2D eigenvalue weighted by Gasteiger charge is -2.38. The van der Waals surface area contributed by atoms with Crippen molar-refractivity contribution < 1.29 is 4.74 Å². The van der Waals surface area contributed by atoms with E-state index >= 15 is 0 Å². The van der Waals surface area contributed by atoms with E-state index in [1.54, 1.807) is 0 Å². The zero-order valence-electron chi connectivity index (χ0n) is 15.6. The Hall–Kier alpha value is -1.38. The molecule has 128 valence electrons. The maximum absolute atomic E-state index is 5.94. The topological polar surface area (TPSA) is 34.0 Å². The second-order valence-electron chi connectivity index (χ2n) is 6.97. The fraction of sp³-hybridized carbons (Fsp3) is 0.700. The first kappa shape index (κ1) is 18.0. The maximum atomic E-state index is 5.94. The predicted molar refractivity (Wildman–Crippen MR) is 99.5 cm³/mol. The summed E-state index contributed by atoms with van der Waals surface area (Å²) in [7, 11) is 0. The molecule has 0 fully saturated rings. The number of rotatable bonds is 6. The van der Waals surface area contributed by atoms with E-state index in [1.807, 2.05) is 6.92 Å². The summed E-state index contributed by atoms with van der Waals surface area (Å²) in [5, 5.41) is 0. The van der Waals surface area contributed by atoms with E-state index in [-0.39, 0.29) is 5.54 Å². The van der Waals surface area contributed by atoms with Gasteiger partial charge >= 0.3 is 0 Å². The molecule has 1 heterocycles. The van der Waals surface area contributed by atoms with Gasteiger partial charge in [0.25, 0.3) is 0 Å². The fourth-order valence-corrected chi connectivity index (χ4v) is 3.27. The van der Waals surface area contributed by atoms with E-state index in [1.165, 1.54) is 5.57 Å². The number of hydrogen-bond donors (Lipinski definition) is 0. The minimum absolute atomic E-state index is 0.0227. The summed E-state index contributed by atoms with van der Waals surface area (Å²) in [5.74, 6) is 1.45. The number of hydrogen-bond acceptors (Lipinski definition) is 3. The van der Waals surface area contributed by atoms with Gasteiger partial charge in [-0.2, -0.15) is 0 Å². The highest BCUT2D eigenvalue weighted by Gasteiger charge is 2.37. The molecule has 0 bridgehead atoms. The van der Waals surface area contributed by atoms with Crippen LogP contribution in [0, 0.1) is 5.92 Å². The Morgan fingerprint density at radius 3 is 2.61 bits per heavy atom.